The van der Waals surface area contributed by atoms with Gasteiger partial charge >= 0.3 is 0 Å². The Morgan fingerprint density at radius 3 is 2.90 bits per heavy atom. The Kier molecular flexibility index (Phi) is 4.72. The number of nitro groups is 1. The standard InChI is InChI=1S/C13H16BrN3O3/c1-8-5-10(14)11(6-12(8)17(19)20)16-13(18)9-3-2-4-15-7-9/h5-6,9,15H,2-4,7H2,1H3,(H,16,18)/t9-/m1/s1. The van der Waals surface area contributed by atoms with E-state index in [0.29, 0.717) is 22.3 Å². The largest absolute Gasteiger partial charge is 0.325 e. The van der Waals surface area contributed by atoms with Crippen LogP contribution in [0.1, 0.15) is 18.4 Å². The number of benzene rings is 1. The van der Waals surface area contributed by atoms with Crippen LogP contribution in [0, 0.1) is 23.0 Å². The highest BCUT2D eigenvalue weighted by atomic mass is 79.9. The van der Waals surface area contributed by atoms with Gasteiger partial charge in [-0.25, -0.2) is 0 Å². The van der Waals surface area contributed by atoms with E-state index >= 15 is 0 Å². The maximum atomic E-state index is 12.1. The van der Waals surface area contributed by atoms with Crippen molar-refractivity contribution in [2.45, 2.75) is 19.8 Å². The van der Waals surface area contributed by atoms with Gasteiger partial charge in [-0.3, -0.25) is 14.9 Å². The molecule has 20 heavy (non-hydrogen) atoms. The Morgan fingerprint density at radius 2 is 2.30 bits per heavy atom. The number of hydrogen-bond donors (Lipinski definition) is 2. The Balaban J connectivity index is 2.18. The van der Waals surface area contributed by atoms with Gasteiger partial charge in [0.05, 0.1) is 16.5 Å². The SMILES string of the molecule is Cc1cc(Br)c(NC(=O)[C@@H]2CCCNC2)cc1[N+](=O)[O-]. The second-order valence-corrected chi connectivity index (χ2v) is 5.76. The summed E-state index contributed by atoms with van der Waals surface area (Å²) in [6.45, 7) is 3.25. The summed E-state index contributed by atoms with van der Waals surface area (Å²) in [5.41, 5.74) is 1.00. The van der Waals surface area contributed by atoms with Crippen LogP contribution in [-0.4, -0.2) is 23.9 Å². The van der Waals surface area contributed by atoms with Crippen LogP contribution in [0.2, 0.25) is 0 Å². The highest BCUT2D eigenvalue weighted by molar-refractivity contribution is 9.10. The normalized spacial score (nSPS) is 18.6. The number of piperidine rings is 1. The van der Waals surface area contributed by atoms with E-state index in [1.807, 2.05) is 0 Å². The first-order chi connectivity index (χ1) is 9.49. The van der Waals surface area contributed by atoms with Crippen LogP contribution in [-0.2, 0) is 4.79 Å². The second kappa shape index (κ2) is 6.32. The molecule has 6 nitrogen and oxygen atoms in total. The average molecular weight is 342 g/mol. The highest BCUT2D eigenvalue weighted by Crippen LogP contribution is 2.31. The van der Waals surface area contributed by atoms with Gasteiger partial charge in [-0.05, 0) is 48.3 Å². The lowest BCUT2D eigenvalue weighted by atomic mass is 9.99. The van der Waals surface area contributed by atoms with E-state index in [4.69, 9.17) is 0 Å². The molecule has 0 saturated carbocycles. The summed E-state index contributed by atoms with van der Waals surface area (Å²) in [7, 11) is 0. The molecule has 1 aliphatic heterocycles. The topological polar surface area (TPSA) is 84.3 Å². The van der Waals surface area contributed by atoms with Crippen molar-refractivity contribution in [3.8, 4) is 0 Å². The predicted octanol–water partition coefficient (Wildman–Crippen LogP) is 2.60. The number of nitrogens with zero attached hydrogens (tertiary/aromatic N) is 1. The molecule has 0 bridgehead atoms. The zero-order chi connectivity index (χ0) is 14.7. The molecule has 108 valence electrons. The average Bonchev–Trinajstić information content (AvgIpc) is 2.42. The number of hydrogen-bond acceptors (Lipinski definition) is 4. The quantitative estimate of drug-likeness (QED) is 0.653. The van der Waals surface area contributed by atoms with Crippen LogP contribution in [0.25, 0.3) is 0 Å². The smallest absolute Gasteiger partial charge is 0.274 e. The molecule has 1 atom stereocenters. The summed E-state index contributed by atoms with van der Waals surface area (Å²) in [6.07, 6.45) is 1.80. The van der Waals surface area contributed by atoms with Crippen molar-refractivity contribution in [1.82, 2.24) is 5.32 Å². The molecular weight excluding hydrogens is 326 g/mol. The maximum Gasteiger partial charge on any atom is 0.274 e. The van der Waals surface area contributed by atoms with Crippen molar-refractivity contribution in [2.24, 2.45) is 5.92 Å². The second-order valence-electron chi connectivity index (χ2n) is 4.91. The Labute approximate surface area is 125 Å². The number of halogens is 1. The molecule has 1 heterocycles. The molecule has 1 aromatic rings. The fourth-order valence-electron chi connectivity index (χ4n) is 2.26. The third kappa shape index (κ3) is 3.34. The number of nitro benzene ring substituents is 1. The molecule has 1 aromatic carbocycles. The van der Waals surface area contributed by atoms with Crippen molar-refractivity contribution >= 4 is 33.2 Å². The van der Waals surface area contributed by atoms with E-state index in [-0.39, 0.29) is 17.5 Å². The lowest BCUT2D eigenvalue weighted by molar-refractivity contribution is -0.385. The van der Waals surface area contributed by atoms with E-state index in [1.165, 1.54) is 6.07 Å². The van der Waals surface area contributed by atoms with E-state index in [1.54, 1.807) is 13.0 Å². The Hall–Kier alpha value is -1.47. The van der Waals surface area contributed by atoms with Crippen molar-refractivity contribution in [2.75, 3.05) is 18.4 Å². The van der Waals surface area contributed by atoms with E-state index in [9.17, 15) is 14.9 Å². The zero-order valence-electron chi connectivity index (χ0n) is 11.1. The lowest BCUT2D eigenvalue weighted by Gasteiger charge is -2.22. The van der Waals surface area contributed by atoms with Crippen molar-refractivity contribution in [3.05, 3.63) is 32.3 Å². The third-order valence-corrected chi connectivity index (χ3v) is 4.06. The first-order valence-corrected chi connectivity index (χ1v) is 7.24. The summed E-state index contributed by atoms with van der Waals surface area (Å²) in [6, 6.07) is 3.04. The van der Waals surface area contributed by atoms with Crippen molar-refractivity contribution in [3.63, 3.8) is 0 Å². The highest BCUT2D eigenvalue weighted by Gasteiger charge is 2.22. The van der Waals surface area contributed by atoms with Gasteiger partial charge in [0.25, 0.3) is 5.69 Å². The first-order valence-electron chi connectivity index (χ1n) is 6.45. The van der Waals surface area contributed by atoms with Gasteiger partial charge in [0.2, 0.25) is 5.91 Å². The van der Waals surface area contributed by atoms with Gasteiger partial charge in [-0.1, -0.05) is 0 Å². The molecule has 1 amide bonds. The molecule has 7 heteroatoms. The van der Waals surface area contributed by atoms with Gasteiger partial charge < -0.3 is 10.6 Å². The summed E-state index contributed by atoms with van der Waals surface area (Å²) in [4.78, 5) is 22.6. The van der Waals surface area contributed by atoms with Crippen LogP contribution in [0.4, 0.5) is 11.4 Å². The number of anilines is 1. The molecule has 0 radical (unpaired) electrons. The van der Waals surface area contributed by atoms with Crippen LogP contribution < -0.4 is 10.6 Å². The van der Waals surface area contributed by atoms with Crippen LogP contribution in [0.3, 0.4) is 0 Å². The zero-order valence-corrected chi connectivity index (χ0v) is 12.7. The lowest BCUT2D eigenvalue weighted by Crippen LogP contribution is -2.37. The molecule has 0 unspecified atom stereocenters. The molecule has 0 spiro atoms. The van der Waals surface area contributed by atoms with Gasteiger partial charge in [-0.2, -0.15) is 0 Å². The summed E-state index contributed by atoms with van der Waals surface area (Å²) in [5.74, 6) is -0.188. The summed E-state index contributed by atoms with van der Waals surface area (Å²) in [5, 5.41) is 16.9. The first kappa shape index (κ1) is 14.9. The van der Waals surface area contributed by atoms with Gasteiger partial charge in [-0.15, -0.1) is 0 Å². The van der Waals surface area contributed by atoms with Crippen LogP contribution in [0.15, 0.2) is 16.6 Å². The number of amides is 1. The third-order valence-electron chi connectivity index (χ3n) is 3.41. The van der Waals surface area contributed by atoms with E-state index in [0.717, 1.165) is 19.4 Å². The fourth-order valence-corrected chi connectivity index (χ4v) is 2.82. The fraction of sp³-hybridized carbons (Fsp3) is 0.462. The van der Waals surface area contributed by atoms with Gasteiger partial charge in [0, 0.05) is 22.6 Å². The minimum atomic E-state index is -0.445. The maximum absolute atomic E-state index is 12.1. The van der Waals surface area contributed by atoms with Gasteiger partial charge in [0.1, 0.15) is 0 Å². The number of carbonyl (C=O) groups is 1. The molecule has 2 N–H and O–H groups in total. The van der Waals surface area contributed by atoms with Crippen LogP contribution >= 0.6 is 15.9 Å². The molecule has 1 fully saturated rings. The van der Waals surface area contributed by atoms with Crippen molar-refractivity contribution in [1.29, 1.82) is 0 Å². The monoisotopic (exact) mass is 341 g/mol. The number of rotatable bonds is 3. The van der Waals surface area contributed by atoms with Crippen molar-refractivity contribution < 1.29 is 9.72 Å². The van der Waals surface area contributed by atoms with E-state index in [2.05, 4.69) is 26.6 Å². The number of nitrogens with one attached hydrogen (secondary N) is 2. The molecule has 0 aliphatic carbocycles. The number of aryl methyl sites for hydroxylation is 1. The van der Waals surface area contributed by atoms with Crippen LogP contribution in [0.5, 0.6) is 0 Å². The predicted molar refractivity (Wildman–Crippen MR) is 79.8 cm³/mol. The molecular formula is C13H16BrN3O3. The molecule has 0 aromatic heterocycles. The summed E-state index contributed by atoms with van der Waals surface area (Å²) >= 11 is 3.33. The minimum Gasteiger partial charge on any atom is -0.325 e. The Morgan fingerprint density at radius 1 is 1.55 bits per heavy atom. The van der Waals surface area contributed by atoms with E-state index < -0.39 is 4.92 Å². The minimum absolute atomic E-state index is 0.00488. The summed E-state index contributed by atoms with van der Waals surface area (Å²) < 4.78 is 0.651. The Bertz CT molecular complexity index is 542. The molecule has 1 saturated heterocycles. The number of carbonyl (C=O) groups excluding carboxylic acids is 1. The molecule has 1 aliphatic rings. The molecule has 2 rings (SSSR count). The van der Waals surface area contributed by atoms with Gasteiger partial charge in [0.15, 0.2) is 0 Å².